The first kappa shape index (κ1) is 35.9. The first-order valence-electron chi connectivity index (χ1n) is 19.7. The van der Waals surface area contributed by atoms with Gasteiger partial charge in [-0.15, -0.1) is 11.3 Å². The third-order valence-electron chi connectivity index (χ3n) is 12.1. The van der Waals surface area contributed by atoms with Crippen molar-refractivity contribution in [3.8, 4) is 5.75 Å². The number of hydrogen-bond acceptors (Lipinski definition) is 8. The van der Waals surface area contributed by atoms with Crippen LogP contribution in [0.1, 0.15) is 77.3 Å². The van der Waals surface area contributed by atoms with Gasteiger partial charge in [-0.05, 0) is 104 Å². The Morgan fingerprint density at radius 3 is 2.23 bits per heavy atom. The highest BCUT2D eigenvalue weighted by Crippen LogP contribution is 2.45. The van der Waals surface area contributed by atoms with Gasteiger partial charge in [-0.3, -0.25) is 4.90 Å². The minimum absolute atomic E-state index is 0.149. The van der Waals surface area contributed by atoms with Gasteiger partial charge in [-0.25, -0.2) is 4.98 Å². The van der Waals surface area contributed by atoms with Crippen LogP contribution in [0.4, 0.5) is 11.6 Å². The van der Waals surface area contributed by atoms with Crippen molar-refractivity contribution < 1.29 is 9.15 Å². The molecule has 3 aliphatic rings. The summed E-state index contributed by atoms with van der Waals surface area (Å²) in [6.07, 6.45) is 8.01. The fraction of sp³-hybridized carbons (Fsp3) is 0.444. The Morgan fingerprint density at radius 1 is 0.811 bits per heavy atom. The number of aromatic nitrogens is 1. The molecule has 3 aromatic carbocycles. The summed E-state index contributed by atoms with van der Waals surface area (Å²) < 4.78 is 12.5. The topological polar surface area (TPSA) is 48.2 Å². The fourth-order valence-corrected chi connectivity index (χ4v) is 10.2. The molecule has 0 amide bonds. The van der Waals surface area contributed by atoms with E-state index < -0.39 is 0 Å². The molecule has 4 heterocycles. The maximum Gasteiger partial charge on any atom is 0.220 e. The first-order chi connectivity index (χ1) is 26.0. The second-order valence-corrected chi connectivity index (χ2v) is 16.6. The zero-order valence-corrected chi connectivity index (χ0v) is 32.5. The molecule has 7 nitrogen and oxygen atoms in total. The van der Waals surface area contributed by atoms with Gasteiger partial charge in [-0.2, -0.15) is 0 Å². The van der Waals surface area contributed by atoms with E-state index in [4.69, 9.17) is 14.1 Å². The van der Waals surface area contributed by atoms with Crippen LogP contribution in [-0.4, -0.2) is 68.7 Å². The second kappa shape index (κ2) is 16.5. The molecule has 0 spiro atoms. The van der Waals surface area contributed by atoms with E-state index in [0.717, 1.165) is 81.7 Å². The molecule has 2 unspecified atom stereocenters. The van der Waals surface area contributed by atoms with E-state index in [-0.39, 0.29) is 6.04 Å². The van der Waals surface area contributed by atoms with Crippen LogP contribution in [0.15, 0.2) is 101 Å². The molecule has 278 valence electrons. The van der Waals surface area contributed by atoms with Crippen molar-refractivity contribution in [2.75, 3.05) is 63.7 Å². The predicted molar refractivity (Wildman–Crippen MR) is 217 cm³/mol. The molecule has 8 rings (SSSR count). The molecule has 1 saturated carbocycles. The normalized spacial score (nSPS) is 20.7. The summed E-state index contributed by atoms with van der Waals surface area (Å²) in [5.41, 5.74) is 6.51. The van der Waals surface area contributed by atoms with Crippen LogP contribution in [0.3, 0.4) is 0 Å². The monoisotopic (exact) mass is 729 g/mol. The molecule has 0 radical (unpaired) electrons. The van der Waals surface area contributed by atoms with Crippen molar-refractivity contribution in [2.24, 2.45) is 11.8 Å². The number of benzene rings is 3. The van der Waals surface area contributed by atoms with E-state index in [1.54, 1.807) is 7.11 Å². The Morgan fingerprint density at radius 2 is 1.53 bits per heavy atom. The zero-order chi connectivity index (χ0) is 36.1. The third kappa shape index (κ3) is 8.20. The van der Waals surface area contributed by atoms with Crippen molar-refractivity contribution in [1.29, 1.82) is 0 Å². The molecule has 2 aliphatic heterocycles. The van der Waals surface area contributed by atoms with Crippen LogP contribution in [0.2, 0.25) is 0 Å². The third-order valence-corrected chi connectivity index (χ3v) is 13.0. The van der Waals surface area contributed by atoms with Crippen LogP contribution >= 0.6 is 11.3 Å². The Labute approximate surface area is 320 Å². The van der Waals surface area contributed by atoms with Crippen LogP contribution in [-0.2, 0) is 19.4 Å². The van der Waals surface area contributed by atoms with Crippen molar-refractivity contribution in [3.63, 3.8) is 0 Å². The lowest BCUT2D eigenvalue weighted by Crippen LogP contribution is -2.46. The molecule has 0 N–H and O–H groups in total. The molecule has 2 fully saturated rings. The highest BCUT2D eigenvalue weighted by Gasteiger charge is 2.36. The summed E-state index contributed by atoms with van der Waals surface area (Å²) in [5.74, 6) is 4.12. The molecule has 5 aromatic rings. The number of methoxy groups -OCH3 is 1. The number of anilines is 2. The number of ether oxygens (including phenoxy) is 1. The largest absolute Gasteiger partial charge is 0.497 e. The Balaban J connectivity index is 1.05. The summed E-state index contributed by atoms with van der Waals surface area (Å²) in [7, 11) is 6.24. The molecular weight excluding hydrogens is 675 g/mol. The number of thiophene rings is 1. The lowest BCUT2D eigenvalue weighted by Gasteiger charge is -2.39. The van der Waals surface area contributed by atoms with Gasteiger partial charge in [0.05, 0.1) is 13.2 Å². The van der Waals surface area contributed by atoms with Crippen molar-refractivity contribution in [2.45, 2.75) is 63.6 Å². The van der Waals surface area contributed by atoms with E-state index >= 15 is 0 Å². The zero-order valence-electron chi connectivity index (χ0n) is 31.7. The van der Waals surface area contributed by atoms with Gasteiger partial charge in [0, 0.05) is 62.3 Å². The maximum atomic E-state index is 7.12. The molecule has 1 aliphatic carbocycles. The van der Waals surface area contributed by atoms with Crippen LogP contribution in [0.25, 0.3) is 0 Å². The SMILES string of the molecule is COc1ccc(N2CCN(c3oc(C(CC4CCC(C(c5cccs5)N(C)C)CC4)N4CCc5ccccc5C4)nc3Cc3ccccc3)CC2)cc1. The lowest BCUT2D eigenvalue weighted by molar-refractivity contribution is 0.0997. The van der Waals surface area contributed by atoms with E-state index in [0.29, 0.717) is 17.9 Å². The Kier molecular flexibility index (Phi) is 11.2. The van der Waals surface area contributed by atoms with E-state index in [9.17, 15) is 0 Å². The molecule has 1 saturated heterocycles. The summed E-state index contributed by atoms with van der Waals surface area (Å²) >= 11 is 1.91. The highest BCUT2D eigenvalue weighted by molar-refractivity contribution is 7.10. The van der Waals surface area contributed by atoms with E-state index in [1.807, 2.05) is 11.3 Å². The van der Waals surface area contributed by atoms with Gasteiger partial charge in [0.25, 0.3) is 0 Å². The minimum Gasteiger partial charge on any atom is -0.497 e. The Bertz CT molecular complexity index is 1880. The van der Waals surface area contributed by atoms with Gasteiger partial charge < -0.3 is 23.9 Å². The maximum absolute atomic E-state index is 7.12. The first-order valence-corrected chi connectivity index (χ1v) is 20.6. The fourth-order valence-electron chi connectivity index (χ4n) is 9.23. The van der Waals surface area contributed by atoms with Crippen LogP contribution < -0.4 is 14.5 Å². The van der Waals surface area contributed by atoms with Gasteiger partial charge in [-0.1, -0.05) is 73.5 Å². The average Bonchev–Trinajstić information content (AvgIpc) is 3.89. The summed E-state index contributed by atoms with van der Waals surface area (Å²) in [5, 5.41) is 2.23. The smallest absolute Gasteiger partial charge is 0.220 e. The number of rotatable bonds is 12. The molecule has 2 aromatic heterocycles. The molecule has 8 heteroatoms. The minimum atomic E-state index is 0.149. The molecule has 2 atom stereocenters. The van der Waals surface area contributed by atoms with Crippen LogP contribution in [0.5, 0.6) is 5.75 Å². The average molecular weight is 730 g/mol. The molecule has 0 bridgehead atoms. The number of hydrogen-bond donors (Lipinski definition) is 0. The van der Waals surface area contributed by atoms with Crippen molar-refractivity contribution >= 4 is 22.9 Å². The second-order valence-electron chi connectivity index (χ2n) is 15.6. The number of oxazole rings is 1. The summed E-state index contributed by atoms with van der Waals surface area (Å²) in [6, 6.07) is 33.4. The number of nitrogens with zero attached hydrogens (tertiary/aromatic N) is 5. The highest BCUT2D eigenvalue weighted by atomic mass is 32.1. The summed E-state index contributed by atoms with van der Waals surface area (Å²) in [6.45, 7) is 5.63. The van der Waals surface area contributed by atoms with E-state index in [2.05, 4.69) is 130 Å². The summed E-state index contributed by atoms with van der Waals surface area (Å²) in [4.78, 5) is 17.1. The Hall–Kier alpha value is -4.11. The van der Waals surface area contributed by atoms with Crippen molar-refractivity contribution in [3.05, 3.63) is 130 Å². The van der Waals surface area contributed by atoms with Gasteiger partial charge >= 0.3 is 0 Å². The lowest BCUT2D eigenvalue weighted by atomic mass is 9.75. The quantitative estimate of drug-likeness (QED) is 0.127. The number of piperazine rings is 1. The van der Waals surface area contributed by atoms with E-state index in [1.165, 1.54) is 52.9 Å². The predicted octanol–water partition coefficient (Wildman–Crippen LogP) is 9.26. The van der Waals surface area contributed by atoms with Gasteiger partial charge in [0.1, 0.15) is 11.4 Å². The van der Waals surface area contributed by atoms with Crippen molar-refractivity contribution in [1.82, 2.24) is 14.8 Å². The van der Waals surface area contributed by atoms with Crippen LogP contribution in [0, 0.1) is 11.8 Å². The van der Waals surface area contributed by atoms with Gasteiger partial charge in [0.15, 0.2) is 0 Å². The van der Waals surface area contributed by atoms with Gasteiger partial charge in [0.2, 0.25) is 11.8 Å². The molecular formula is C45H55N5O2S. The number of fused-ring (bicyclic) bond motifs is 1. The molecule has 53 heavy (non-hydrogen) atoms. The standard InChI is InChI=1S/C45H55N5O2S/c1-47(2)43(42-14-9-29-53-42)36-17-15-34(16-18-36)31-41(50-24-23-35-12-7-8-13-37(35)32-50)44-46-40(30-33-10-5-4-6-11-33)45(52-44)49-27-25-48(26-28-49)38-19-21-39(51-3)22-20-38/h4-14,19-22,29,34,36,41,43H,15-18,23-28,30-32H2,1-3H3.